The third kappa shape index (κ3) is 3.05. The van der Waals surface area contributed by atoms with Crippen LogP contribution in [0.5, 0.6) is 0 Å². The average molecular weight is 256 g/mol. The summed E-state index contributed by atoms with van der Waals surface area (Å²) >= 11 is 0. The number of morpholine rings is 1. The van der Waals surface area contributed by atoms with Gasteiger partial charge in [-0.15, -0.1) is 0 Å². The van der Waals surface area contributed by atoms with E-state index in [4.69, 9.17) is 10.5 Å². The van der Waals surface area contributed by atoms with Crippen LogP contribution < -0.4 is 5.73 Å². The molecule has 0 aromatic rings. The van der Waals surface area contributed by atoms with Crippen LogP contribution >= 0.6 is 0 Å². The van der Waals surface area contributed by atoms with Gasteiger partial charge in [0.2, 0.25) is 0 Å². The third-order valence-electron chi connectivity index (χ3n) is 4.85. The van der Waals surface area contributed by atoms with E-state index in [9.17, 15) is 5.11 Å². The van der Waals surface area contributed by atoms with Crippen molar-refractivity contribution in [1.29, 1.82) is 0 Å². The molecule has 4 atom stereocenters. The smallest absolute Gasteiger partial charge is 0.0644 e. The standard InChI is InChI=1S/C14H28N2O2/c1-2-11-3-4-12(8-15)14(7-11)16-5-6-18-10-13(16)9-17/h11-14,17H,2-10,15H2,1H3. The highest BCUT2D eigenvalue weighted by Crippen LogP contribution is 2.34. The highest BCUT2D eigenvalue weighted by atomic mass is 16.5. The molecule has 4 unspecified atom stereocenters. The highest BCUT2D eigenvalue weighted by molar-refractivity contribution is 4.91. The Bertz CT molecular complexity index is 250. The second-order valence-corrected chi connectivity index (χ2v) is 5.80. The minimum atomic E-state index is 0.174. The van der Waals surface area contributed by atoms with Crippen molar-refractivity contribution < 1.29 is 9.84 Å². The van der Waals surface area contributed by atoms with Gasteiger partial charge in [0, 0.05) is 12.6 Å². The second kappa shape index (κ2) is 6.85. The SMILES string of the molecule is CCC1CCC(CN)C(N2CCOCC2CO)C1. The zero-order valence-corrected chi connectivity index (χ0v) is 11.6. The Kier molecular flexibility index (Phi) is 5.42. The Labute approximate surface area is 110 Å². The second-order valence-electron chi connectivity index (χ2n) is 5.80. The molecule has 0 amide bonds. The third-order valence-corrected chi connectivity index (χ3v) is 4.85. The van der Waals surface area contributed by atoms with Crippen molar-refractivity contribution in [2.24, 2.45) is 17.6 Å². The van der Waals surface area contributed by atoms with E-state index in [1.165, 1.54) is 25.7 Å². The molecule has 18 heavy (non-hydrogen) atoms. The number of nitrogens with two attached hydrogens (primary N) is 1. The lowest BCUT2D eigenvalue weighted by molar-refractivity contribution is -0.0695. The van der Waals surface area contributed by atoms with Crippen molar-refractivity contribution in [1.82, 2.24) is 4.90 Å². The number of hydrogen-bond donors (Lipinski definition) is 2. The van der Waals surface area contributed by atoms with Gasteiger partial charge < -0.3 is 15.6 Å². The maximum Gasteiger partial charge on any atom is 0.0644 e. The zero-order valence-electron chi connectivity index (χ0n) is 11.6. The Morgan fingerprint density at radius 1 is 1.39 bits per heavy atom. The first kappa shape index (κ1) is 14.3. The van der Waals surface area contributed by atoms with Crippen LogP contribution in [0.3, 0.4) is 0 Å². The fourth-order valence-corrected chi connectivity index (χ4v) is 3.61. The molecule has 2 fully saturated rings. The molecule has 0 radical (unpaired) electrons. The van der Waals surface area contributed by atoms with Crippen LogP contribution in [-0.4, -0.2) is 55.0 Å². The molecule has 0 aromatic heterocycles. The van der Waals surface area contributed by atoms with Gasteiger partial charge in [-0.05, 0) is 31.2 Å². The van der Waals surface area contributed by atoms with E-state index < -0.39 is 0 Å². The molecule has 4 heteroatoms. The maximum atomic E-state index is 9.52. The molecule has 0 bridgehead atoms. The minimum absolute atomic E-state index is 0.174. The molecule has 1 aliphatic heterocycles. The first-order valence-electron chi connectivity index (χ1n) is 7.44. The minimum Gasteiger partial charge on any atom is -0.395 e. The first-order chi connectivity index (χ1) is 8.80. The fraction of sp³-hybridized carbons (Fsp3) is 1.00. The normalized spacial score (nSPS) is 38.8. The summed E-state index contributed by atoms with van der Waals surface area (Å²) in [5.41, 5.74) is 5.95. The van der Waals surface area contributed by atoms with E-state index in [1.807, 2.05) is 0 Å². The van der Waals surface area contributed by atoms with Crippen LogP contribution in [0.15, 0.2) is 0 Å². The lowest BCUT2D eigenvalue weighted by Crippen LogP contribution is -2.57. The summed E-state index contributed by atoms with van der Waals surface area (Å²) in [5.74, 6) is 1.43. The molecule has 3 N–H and O–H groups in total. The van der Waals surface area contributed by atoms with Gasteiger partial charge in [0.1, 0.15) is 0 Å². The molecule has 1 heterocycles. The van der Waals surface area contributed by atoms with Crippen molar-refractivity contribution in [3.8, 4) is 0 Å². The summed E-state index contributed by atoms with van der Waals surface area (Å²) in [5, 5.41) is 9.52. The van der Waals surface area contributed by atoms with Crippen LogP contribution in [0.2, 0.25) is 0 Å². The van der Waals surface area contributed by atoms with Crippen molar-refractivity contribution >= 4 is 0 Å². The monoisotopic (exact) mass is 256 g/mol. The Hall–Kier alpha value is -0.160. The molecule has 1 aliphatic carbocycles. The van der Waals surface area contributed by atoms with Crippen LogP contribution in [0.1, 0.15) is 32.6 Å². The van der Waals surface area contributed by atoms with Crippen LogP contribution in [-0.2, 0) is 4.74 Å². The van der Waals surface area contributed by atoms with Gasteiger partial charge >= 0.3 is 0 Å². The fourth-order valence-electron chi connectivity index (χ4n) is 3.61. The van der Waals surface area contributed by atoms with Crippen LogP contribution in [0.25, 0.3) is 0 Å². The van der Waals surface area contributed by atoms with E-state index in [2.05, 4.69) is 11.8 Å². The van der Waals surface area contributed by atoms with Crippen molar-refractivity contribution in [2.45, 2.75) is 44.7 Å². The number of rotatable bonds is 4. The van der Waals surface area contributed by atoms with E-state index in [1.54, 1.807) is 0 Å². The Morgan fingerprint density at radius 2 is 2.22 bits per heavy atom. The summed E-state index contributed by atoms with van der Waals surface area (Å²) < 4.78 is 5.48. The van der Waals surface area contributed by atoms with Gasteiger partial charge in [-0.3, -0.25) is 4.90 Å². The number of aliphatic hydroxyl groups excluding tert-OH is 1. The summed E-state index contributed by atoms with van der Waals surface area (Å²) in [6.45, 7) is 5.67. The van der Waals surface area contributed by atoms with Crippen molar-refractivity contribution in [2.75, 3.05) is 32.9 Å². The molecular weight excluding hydrogens is 228 g/mol. The van der Waals surface area contributed by atoms with Gasteiger partial charge in [-0.2, -0.15) is 0 Å². The predicted octanol–water partition coefficient (Wildman–Crippen LogP) is 0.833. The molecule has 1 saturated carbocycles. The lowest BCUT2D eigenvalue weighted by Gasteiger charge is -2.47. The lowest BCUT2D eigenvalue weighted by atomic mass is 9.76. The molecule has 0 spiro atoms. The van der Waals surface area contributed by atoms with Crippen molar-refractivity contribution in [3.05, 3.63) is 0 Å². The summed E-state index contributed by atoms with van der Waals surface area (Å²) in [4.78, 5) is 2.48. The molecule has 1 saturated heterocycles. The summed E-state index contributed by atoms with van der Waals surface area (Å²) in [6.07, 6.45) is 5.08. The average Bonchev–Trinajstić information content (AvgIpc) is 2.46. The number of aliphatic hydroxyl groups is 1. The topological polar surface area (TPSA) is 58.7 Å². The quantitative estimate of drug-likeness (QED) is 0.782. The van der Waals surface area contributed by atoms with Gasteiger partial charge in [-0.1, -0.05) is 19.8 Å². The van der Waals surface area contributed by atoms with Crippen LogP contribution in [0.4, 0.5) is 0 Å². The maximum absolute atomic E-state index is 9.52. The van der Waals surface area contributed by atoms with E-state index in [0.29, 0.717) is 18.6 Å². The number of hydrogen-bond acceptors (Lipinski definition) is 4. The molecule has 106 valence electrons. The van der Waals surface area contributed by atoms with Gasteiger partial charge in [0.15, 0.2) is 0 Å². The van der Waals surface area contributed by atoms with Crippen LogP contribution in [0, 0.1) is 11.8 Å². The summed E-state index contributed by atoms with van der Waals surface area (Å²) in [6, 6.07) is 0.725. The molecular formula is C14H28N2O2. The number of ether oxygens (including phenoxy) is 1. The van der Waals surface area contributed by atoms with E-state index >= 15 is 0 Å². The van der Waals surface area contributed by atoms with Crippen molar-refractivity contribution in [3.63, 3.8) is 0 Å². The van der Waals surface area contributed by atoms with Gasteiger partial charge in [0.05, 0.1) is 25.9 Å². The number of nitrogens with zero attached hydrogens (tertiary/aromatic N) is 1. The largest absolute Gasteiger partial charge is 0.395 e. The Morgan fingerprint density at radius 3 is 2.89 bits per heavy atom. The first-order valence-corrected chi connectivity index (χ1v) is 7.44. The molecule has 0 aromatic carbocycles. The van der Waals surface area contributed by atoms with Gasteiger partial charge in [0.25, 0.3) is 0 Å². The van der Waals surface area contributed by atoms with Gasteiger partial charge in [-0.25, -0.2) is 0 Å². The molecule has 4 nitrogen and oxygen atoms in total. The predicted molar refractivity (Wildman–Crippen MR) is 72.4 cm³/mol. The molecule has 2 rings (SSSR count). The Balaban J connectivity index is 2.05. The highest BCUT2D eigenvalue weighted by Gasteiger charge is 2.37. The summed E-state index contributed by atoms with van der Waals surface area (Å²) in [7, 11) is 0. The van der Waals surface area contributed by atoms with E-state index in [0.717, 1.165) is 25.6 Å². The van der Waals surface area contributed by atoms with E-state index in [-0.39, 0.29) is 12.6 Å². The zero-order chi connectivity index (χ0) is 13.0. The molecule has 2 aliphatic rings.